The summed E-state index contributed by atoms with van der Waals surface area (Å²) in [4.78, 5) is 23.2. The van der Waals surface area contributed by atoms with E-state index in [1.54, 1.807) is 26.3 Å². The number of nitriles is 1. The van der Waals surface area contributed by atoms with E-state index < -0.39 is 5.56 Å². The Bertz CT molecular complexity index is 1000. The average molecular weight is 332 g/mol. The normalized spacial score (nSPS) is 10.3. The lowest BCUT2D eigenvalue weighted by atomic mass is 9.98. The number of rotatable bonds is 4. The number of methoxy groups -OCH3 is 1. The average Bonchev–Trinajstić information content (AvgIpc) is 2.62. The minimum Gasteiger partial charge on any atom is -0.481 e. The molecule has 0 atom stereocenters. The third-order valence-electron chi connectivity index (χ3n) is 3.89. The van der Waals surface area contributed by atoms with Crippen molar-refractivity contribution < 1.29 is 4.74 Å². The first-order chi connectivity index (χ1) is 12.1. The second kappa shape index (κ2) is 6.97. The lowest BCUT2D eigenvalue weighted by molar-refractivity contribution is 0.398. The number of H-pyrrole nitrogens is 1. The molecular weight excluding hydrogens is 316 g/mol. The Labute approximate surface area is 144 Å². The van der Waals surface area contributed by atoms with Gasteiger partial charge in [-0.3, -0.25) is 4.79 Å². The van der Waals surface area contributed by atoms with Gasteiger partial charge in [-0.05, 0) is 24.1 Å². The topological polar surface area (TPSA) is 91.7 Å². The lowest BCUT2D eigenvalue weighted by Gasteiger charge is -2.10. The molecule has 25 heavy (non-hydrogen) atoms. The summed E-state index contributed by atoms with van der Waals surface area (Å²) < 4.78 is 5.09. The van der Waals surface area contributed by atoms with Crippen LogP contribution in [0.2, 0.25) is 0 Å². The fourth-order valence-corrected chi connectivity index (χ4v) is 2.66. The highest BCUT2D eigenvalue weighted by atomic mass is 16.5. The highest BCUT2D eigenvalue weighted by Crippen LogP contribution is 2.25. The largest absolute Gasteiger partial charge is 0.481 e. The Hall–Kier alpha value is -3.46. The summed E-state index contributed by atoms with van der Waals surface area (Å²) in [5, 5.41) is 8.99. The molecule has 3 rings (SSSR count). The van der Waals surface area contributed by atoms with Crippen molar-refractivity contribution in [2.45, 2.75) is 13.3 Å². The quantitative estimate of drug-likeness (QED) is 0.793. The summed E-state index contributed by atoms with van der Waals surface area (Å²) in [5.74, 6) is 1.07. The summed E-state index contributed by atoms with van der Waals surface area (Å²) in [6.45, 7) is 1.66. The number of nitrogens with one attached hydrogen (secondary N) is 1. The molecule has 0 aliphatic rings. The fourth-order valence-electron chi connectivity index (χ4n) is 2.66. The van der Waals surface area contributed by atoms with Gasteiger partial charge in [0.25, 0.3) is 5.56 Å². The molecule has 0 saturated heterocycles. The van der Waals surface area contributed by atoms with E-state index in [9.17, 15) is 4.79 Å². The Kier molecular flexibility index (Phi) is 4.57. The summed E-state index contributed by atoms with van der Waals surface area (Å²) in [6, 6.07) is 13.5. The summed E-state index contributed by atoms with van der Waals surface area (Å²) in [5.41, 5.74) is 3.03. The molecule has 2 aromatic heterocycles. The van der Waals surface area contributed by atoms with E-state index in [-0.39, 0.29) is 5.56 Å². The molecule has 0 aliphatic heterocycles. The van der Waals surface area contributed by atoms with Crippen molar-refractivity contribution in [1.29, 1.82) is 5.26 Å². The van der Waals surface area contributed by atoms with Crippen molar-refractivity contribution in [2.24, 2.45) is 0 Å². The number of aryl methyl sites for hydroxylation is 1. The predicted molar refractivity (Wildman–Crippen MR) is 93.3 cm³/mol. The predicted octanol–water partition coefficient (Wildman–Crippen LogP) is 2.61. The van der Waals surface area contributed by atoms with Crippen molar-refractivity contribution >= 4 is 0 Å². The van der Waals surface area contributed by atoms with Crippen LogP contribution in [-0.4, -0.2) is 22.1 Å². The molecule has 0 aliphatic carbocycles. The molecule has 2 heterocycles. The Morgan fingerprint density at radius 1 is 1.24 bits per heavy atom. The van der Waals surface area contributed by atoms with Crippen LogP contribution < -0.4 is 10.3 Å². The number of aromatic nitrogens is 3. The van der Waals surface area contributed by atoms with E-state index in [0.29, 0.717) is 23.8 Å². The van der Waals surface area contributed by atoms with Crippen LogP contribution in [0.25, 0.3) is 11.1 Å². The van der Waals surface area contributed by atoms with Crippen molar-refractivity contribution in [3.8, 4) is 23.1 Å². The van der Waals surface area contributed by atoms with Gasteiger partial charge in [0.15, 0.2) is 0 Å². The molecule has 6 heteroatoms. The van der Waals surface area contributed by atoms with Crippen molar-refractivity contribution in [3.63, 3.8) is 0 Å². The number of nitrogens with zero attached hydrogens (tertiary/aromatic N) is 3. The van der Waals surface area contributed by atoms with Crippen LogP contribution in [0.5, 0.6) is 5.88 Å². The summed E-state index contributed by atoms with van der Waals surface area (Å²) in [6.07, 6.45) is 2.20. The molecule has 1 N–H and O–H groups in total. The third kappa shape index (κ3) is 3.40. The Morgan fingerprint density at radius 3 is 2.68 bits per heavy atom. The van der Waals surface area contributed by atoms with Gasteiger partial charge in [0.2, 0.25) is 5.88 Å². The molecule has 6 nitrogen and oxygen atoms in total. The first kappa shape index (κ1) is 16.4. The zero-order valence-electron chi connectivity index (χ0n) is 13.9. The molecule has 3 aromatic rings. The SMILES string of the molecule is COc1ccc(-c2ccccc2Cc2nc(C)c(C#N)c(=O)[nH]2)cn1. The van der Waals surface area contributed by atoms with Gasteiger partial charge < -0.3 is 9.72 Å². The van der Waals surface area contributed by atoms with Crippen LogP contribution in [0.15, 0.2) is 47.4 Å². The van der Waals surface area contributed by atoms with Crippen LogP contribution in [0.1, 0.15) is 22.6 Å². The van der Waals surface area contributed by atoms with Crippen LogP contribution in [-0.2, 0) is 6.42 Å². The standard InChI is InChI=1S/C19H16N4O2/c1-12-16(10-20)19(24)23-17(22-12)9-13-5-3-4-6-15(13)14-7-8-18(25-2)21-11-14/h3-8,11H,9H2,1-2H3,(H,22,23,24). The molecule has 0 amide bonds. The molecule has 0 bridgehead atoms. The molecule has 0 radical (unpaired) electrons. The lowest BCUT2D eigenvalue weighted by Crippen LogP contribution is -2.17. The van der Waals surface area contributed by atoms with Crippen LogP contribution in [0.4, 0.5) is 0 Å². The van der Waals surface area contributed by atoms with Gasteiger partial charge in [-0.1, -0.05) is 24.3 Å². The van der Waals surface area contributed by atoms with E-state index in [4.69, 9.17) is 10.00 Å². The van der Waals surface area contributed by atoms with E-state index in [1.807, 2.05) is 36.4 Å². The Balaban J connectivity index is 1.99. The summed E-state index contributed by atoms with van der Waals surface area (Å²) >= 11 is 0. The zero-order chi connectivity index (χ0) is 17.8. The number of pyridine rings is 1. The maximum absolute atomic E-state index is 12.0. The van der Waals surface area contributed by atoms with Gasteiger partial charge in [-0.25, -0.2) is 9.97 Å². The van der Waals surface area contributed by atoms with E-state index >= 15 is 0 Å². The minimum atomic E-state index is -0.409. The molecule has 0 saturated carbocycles. The van der Waals surface area contributed by atoms with E-state index in [0.717, 1.165) is 16.7 Å². The highest BCUT2D eigenvalue weighted by molar-refractivity contribution is 5.67. The first-order valence-corrected chi connectivity index (χ1v) is 7.70. The van der Waals surface area contributed by atoms with Crippen molar-refractivity contribution in [3.05, 3.63) is 75.6 Å². The van der Waals surface area contributed by atoms with Gasteiger partial charge in [0.05, 0.1) is 12.8 Å². The van der Waals surface area contributed by atoms with Crippen LogP contribution >= 0.6 is 0 Å². The number of hydrogen-bond donors (Lipinski definition) is 1. The van der Waals surface area contributed by atoms with Gasteiger partial charge in [-0.2, -0.15) is 5.26 Å². The van der Waals surface area contributed by atoms with Gasteiger partial charge in [0.1, 0.15) is 17.5 Å². The molecule has 0 unspecified atom stereocenters. The first-order valence-electron chi connectivity index (χ1n) is 7.70. The van der Waals surface area contributed by atoms with Crippen molar-refractivity contribution in [1.82, 2.24) is 15.0 Å². The number of ether oxygens (including phenoxy) is 1. The van der Waals surface area contributed by atoms with Crippen LogP contribution in [0, 0.1) is 18.3 Å². The molecular formula is C19H16N4O2. The van der Waals surface area contributed by atoms with Gasteiger partial charge in [-0.15, -0.1) is 0 Å². The molecule has 0 fully saturated rings. The van der Waals surface area contributed by atoms with Gasteiger partial charge >= 0.3 is 0 Å². The second-order valence-corrected chi connectivity index (χ2v) is 5.51. The van der Waals surface area contributed by atoms with Gasteiger partial charge in [0, 0.05) is 24.2 Å². The summed E-state index contributed by atoms with van der Waals surface area (Å²) in [7, 11) is 1.57. The number of benzene rings is 1. The minimum absolute atomic E-state index is 0.0522. The fraction of sp³-hybridized carbons (Fsp3) is 0.158. The monoisotopic (exact) mass is 332 g/mol. The maximum atomic E-state index is 12.0. The maximum Gasteiger partial charge on any atom is 0.269 e. The number of aromatic amines is 1. The number of hydrogen-bond acceptors (Lipinski definition) is 5. The molecule has 124 valence electrons. The van der Waals surface area contributed by atoms with Crippen LogP contribution in [0.3, 0.4) is 0 Å². The molecule has 0 spiro atoms. The smallest absolute Gasteiger partial charge is 0.269 e. The molecule has 1 aromatic carbocycles. The van der Waals surface area contributed by atoms with E-state index in [1.165, 1.54) is 0 Å². The second-order valence-electron chi connectivity index (χ2n) is 5.51. The zero-order valence-corrected chi connectivity index (χ0v) is 13.9. The van der Waals surface area contributed by atoms with E-state index in [2.05, 4.69) is 15.0 Å². The third-order valence-corrected chi connectivity index (χ3v) is 3.89. The van der Waals surface area contributed by atoms with Crippen molar-refractivity contribution in [2.75, 3.05) is 7.11 Å². The highest BCUT2D eigenvalue weighted by Gasteiger charge is 2.11. The Morgan fingerprint density at radius 2 is 2.04 bits per heavy atom.